The fourth-order valence-corrected chi connectivity index (χ4v) is 3.71. The molecule has 1 aromatic heterocycles. The van der Waals surface area contributed by atoms with Crippen LogP contribution < -0.4 is 4.74 Å². The Balaban J connectivity index is 1.91. The van der Waals surface area contributed by atoms with E-state index in [-0.39, 0.29) is 0 Å². The lowest BCUT2D eigenvalue weighted by Crippen LogP contribution is -2.36. The lowest BCUT2D eigenvalue weighted by molar-refractivity contribution is -0.0338. The van der Waals surface area contributed by atoms with Gasteiger partial charge >= 0.3 is 0 Å². The second-order valence-electron chi connectivity index (χ2n) is 6.10. The fourth-order valence-electron chi connectivity index (χ4n) is 3.71. The van der Waals surface area contributed by atoms with Gasteiger partial charge in [0.15, 0.2) is 5.75 Å². The largest absolute Gasteiger partial charge is 0.493 e. The second kappa shape index (κ2) is 4.82. The van der Waals surface area contributed by atoms with Crippen LogP contribution in [0.2, 0.25) is 0 Å². The van der Waals surface area contributed by atoms with Gasteiger partial charge in [-0.3, -0.25) is 4.68 Å². The third-order valence-electron chi connectivity index (χ3n) is 4.82. The molecule has 4 nitrogen and oxygen atoms in total. The first kappa shape index (κ1) is 13.0. The molecule has 3 rings (SSSR count). The Hall–Kier alpha value is -1.03. The molecule has 2 aliphatic carbocycles. The Morgan fingerprint density at radius 2 is 2.21 bits per heavy atom. The van der Waals surface area contributed by atoms with Gasteiger partial charge in [0, 0.05) is 6.54 Å². The molecule has 0 amide bonds. The summed E-state index contributed by atoms with van der Waals surface area (Å²) in [5.41, 5.74) is 0.145. The van der Waals surface area contributed by atoms with Gasteiger partial charge in [0.25, 0.3) is 0 Å². The number of rotatable bonds is 4. The molecule has 1 N–H and O–H groups in total. The fraction of sp³-hybridized carbons (Fsp3) is 0.800. The zero-order valence-corrected chi connectivity index (χ0v) is 11.9. The Labute approximate surface area is 114 Å². The van der Waals surface area contributed by atoms with Gasteiger partial charge in [-0.1, -0.05) is 0 Å². The smallest absolute Gasteiger partial charge is 0.162 e. The van der Waals surface area contributed by atoms with Crippen LogP contribution in [-0.2, 0) is 12.1 Å². The molecular formula is C15H24N2O2. The lowest BCUT2D eigenvalue weighted by atomic mass is 9.74. The van der Waals surface area contributed by atoms with Gasteiger partial charge < -0.3 is 9.84 Å². The summed E-state index contributed by atoms with van der Waals surface area (Å²) < 4.78 is 7.31. The molecule has 1 heterocycles. The number of aliphatic hydroxyl groups is 1. The first-order valence-corrected chi connectivity index (χ1v) is 7.50. The third-order valence-corrected chi connectivity index (χ3v) is 4.82. The van der Waals surface area contributed by atoms with Crippen LogP contribution in [0, 0.1) is 11.8 Å². The predicted molar refractivity (Wildman–Crippen MR) is 73.0 cm³/mol. The summed E-state index contributed by atoms with van der Waals surface area (Å²) in [6, 6.07) is 0. The van der Waals surface area contributed by atoms with Crippen molar-refractivity contribution in [1.82, 2.24) is 9.78 Å². The highest BCUT2D eigenvalue weighted by Gasteiger charge is 2.44. The highest BCUT2D eigenvalue weighted by Crippen LogP contribution is 2.50. The summed E-state index contributed by atoms with van der Waals surface area (Å²) in [4.78, 5) is 0. The number of hydrogen-bond acceptors (Lipinski definition) is 3. The Kier molecular flexibility index (Phi) is 3.29. The van der Waals surface area contributed by atoms with Crippen LogP contribution in [0.4, 0.5) is 0 Å². The minimum absolute atomic E-state index is 0.684. The van der Waals surface area contributed by atoms with Crippen molar-refractivity contribution < 1.29 is 9.84 Å². The van der Waals surface area contributed by atoms with Crippen LogP contribution in [0.3, 0.4) is 0 Å². The van der Waals surface area contributed by atoms with Gasteiger partial charge in [-0.2, -0.15) is 5.10 Å². The lowest BCUT2D eigenvalue weighted by Gasteiger charge is -2.37. The number of ether oxygens (including phenoxy) is 1. The average molecular weight is 264 g/mol. The standard InChI is InChI=1S/C15H24N2O2/c1-3-17-14(13(19-2)10-16-17)15(18)8-4-5-12(9-15)11-6-7-11/h10-12,18H,3-9H2,1-2H3. The maximum atomic E-state index is 11.2. The average Bonchev–Trinajstić information content (AvgIpc) is 3.17. The quantitative estimate of drug-likeness (QED) is 0.909. The molecule has 4 heteroatoms. The summed E-state index contributed by atoms with van der Waals surface area (Å²) in [6.07, 6.45) is 8.52. The number of methoxy groups -OCH3 is 1. The Morgan fingerprint density at radius 3 is 2.84 bits per heavy atom. The van der Waals surface area contributed by atoms with E-state index in [1.807, 2.05) is 4.68 Å². The second-order valence-corrected chi connectivity index (χ2v) is 6.10. The van der Waals surface area contributed by atoms with E-state index >= 15 is 0 Å². The van der Waals surface area contributed by atoms with E-state index in [1.165, 1.54) is 19.3 Å². The topological polar surface area (TPSA) is 47.3 Å². The van der Waals surface area contributed by atoms with Crippen molar-refractivity contribution in [2.45, 2.75) is 57.6 Å². The van der Waals surface area contributed by atoms with Crippen LogP contribution in [0.5, 0.6) is 5.75 Å². The molecule has 19 heavy (non-hydrogen) atoms. The number of nitrogens with zero attached hydrogens (tertiary/aromatic N) is 2. The summed E-state index contributed by atoms with van der Waals surface area (Å²) in [5, 5.41) is 15.5. The van der Waals surface area contributed by atoms with Crippen LogP contribution in [0.25, 0.3) is 0 Å². The van der Waals surface area contributed by atoms with Gasteiger partial charge in [-0.25, -0.2) is 0 Å². The molecule has 0 radical (unpaired) electrons. The first-order chi connectivity index (χ1) is 9.18. The Bertz CT molecular complexity index is 431. The summed E-state index contributed by atoms with van der Waals surface area (Å²) >= 11 is 0. The van der Waals surface area contributed by atoms with Crippen LogP contribution >= 0.6 is 0 Å². The van der Waals surface area contributed by atoms with E-state index in [0.717, 1.165) is 43.2 Å². The molecular weight excluding hydrogens is 240 g/mol. The molecule has 106 valence electrons. The van der Waals surface area contributed by atoms with Crippen molar-refractivity contribution in [3.8, 4) is 5.75 Å². The van der Waals surface area contributed by atoms with Gasteiger partial charge in [0.05, 0.1) is 13.3 Å². The van der Waals surface area contributed by atoms with Gasteiger partial charge in [0.1, 0.15) is 11.3 Å². The van der Waals surface area contributed by atoms with Crippen molar-refractivity contribution in [2.24, 2.45) is 11.8 Å². The summed E-state index contributed by atoms with van der Waals surface area (Å²) in [6.45, 7) is 2.83. The minimum Gasteiger partial charge on any atom is -0.493 e. The molecule has 2 unspecified atom stereocenters. The van der Waals surface area contributed by atoms with E-state index < -0.39 is 5.60 Å². The monoisotopic (exact) mass is 264 g/mol. The molecule has 0 aliphatic heterocycles. The van der Waals surface area contributed by atoms with E-state index in [4.69, 9.17) is 4.74 Å². The summed E-state index contributed by atoms with van der Waals surface area (Å²) in [5.74, 6) is 2.28. The molecule has 0 bridgehead atoms. The van der Waals surface area contributed by atoms with Crippen LogP contribution in [0.1, 0.15) is 51.1 Å². The third kappa shape index (κ3) is 2.27. The number of aromatic nitrogens is 2. The van der Waals surface area contributed by atoms with Crippen molar-refractivity contribution in [3.05, 3.63) is 11.9 Å². The zero-order valence-electron chi connectivity index (χ0n) is 11.9. The van der Waals surface area contributed by atoms with Crippen molar-refractivity contribution >= 4 is 0 Å². The number of aryl methyl sites for hydroxylation is 1. The van der Waals surface area contributed by atoms with Gasteiger partial charge in [-0.15, -0.1) is 0 Å². The van der Waals surface area contributed by atoms with E-state index in [1.54, 1.807) is 13.3 Å². The highest BCUT2D eigenvalue weighted by atomic mass is 16.5. The van der Waals surface area contributed by atoms with Crippen molar-refractivity contribution in [3.63, 3.8) is 0 Å². The van der Waals surface area contributed by atoms with Gasteiger partial charge in [0.2, 0.25) is 0 Å². The summed E-state index contributed by atoms with van der Waals surface area (Å²) in [7, 11) is 1.66. The molecule has 1 aromatic rings. The SMILES string of the molecule is CCn1ncc(OC)c1C1(O)CCCC(C2CC2)C1. The predicted octanol–water partition coefficient (Wildman–Crippen LogP) is 2.70. The van der Waals surface area contributed by atoms with E-state index in [0.29, 0.717) is 5.92 Å². The maximum Gasteiger partial charge on any atom is 0.162 e. The van der Waals surface area contributed by atoms with Crippen molar-refractivity contribution in [1.29, 1.82) is 0 Å². The molecule has 2 saturated carbocycles. The normalized spacial score (nSPS) is 31.4. The van der Waals surface area contributed by atoms with E-state index in [9.17, 15) is 5.11 Å². The highest BCUT2D eigenvalue weighted by molar-refractivity contribution is 5.31. The first-order valence-electron chi connectivity index (χ1n) is 7.50. The minimum atomic E-state index is -0.747. The molecule has 0 aromatic carbocycles. The molecule has 2 fully saturated rings. The number of hydrogen-bond donors (Lipinski definition) is 1. The van der Waals surface area contributed by atoms with Crippen LogP contribution in [-0.4, -0.2) is 22.0 Å². The molecule has 2 aliphatic rings. The van der Waals surface area contributed by atoms with Crippen molar-refractivity contribution in [2.75, 3.05) is 7.11 Å². The Morgan fingerprint density at radius 1 is 1.42 bits per heavy atom. The molecule has 0 spiro atoms. The van der Waals surface area contributed by atoms with Crippen LogP contribution in [0.15, 0.2) is 6.20 Å². The maximum absolute atomic E-state index is 11.2. The molecule has 2 atom stereocenters. The van der Waals surface area contributed by atoms with Gasteiger partial charge in [-0.05, 0) is 57.3 Å². The van der Waals surface area contributed by atoms with E-state index in [2.05, 4.69) is 12.0 Å². The zero-order chi connectivity index (χ0) is 13.5. The molecule has 0 saturated heterocycles.